The molecular weight excluding hydrogens is 358 g/mol. The molecule has 2 aliphatic heterocycles. The van der Waals surface area contributed by atoms with Crippen LogP contribution in [0, 0.1) is 6.92 Å². The quantitative estimate of drug-likeness (QED) is 0.675. The van der Waals surface area contributed by atoms with Crippen LogP contribution in [0.2, 0.25) is 0 Å². The van der Waals surface area contributed by atoms with E-state index in [9.17, 15) is 4.79 Å². The maximum Gasteiger partial charge on any atom is 0.254 e. The van der Waals surface area contributed by atoms with E-state index in [0.717, 1.165) is 36.2 Å². The number of hydrogen-bond acceptors (Lipinski definition) is 6. The Morgan fingerprint density at radius 3 is 3.11 bits per heavy atom. The highest BCUT2D eigenvalue weighted by Gasteiger charge is 2.43. The van der Waals surface area contributed by atoms with Gasteiger partial charge >= 0.3 is 0 Å². The molecule has 5 heterocycles. The van der Waals surface area contributed by atoms with Crippen molar-refractivity contribution in [2.24, 2.45) is 0 Å². The van der Waals surface area contributed by atoms with Gasteiger partial charge in [-0.3, -0.25) is 4.79 Å². The Kier molecular flexibility index (Phi) is 4.07. The van der Waals surface area contributed by atoms with Gasteiger partial charge in [0.25, 0.3) is 5.88 Å². The number of hydrogen-bond donors (Lipinski definition) is 0. The van der Waals surface area contributed by atoms with E-state index in [2.05, 4.69) is 20.1 Å². The Balaban J connectivity index is 1.35. The molecule has 8 nitrogen and oxygen atoms in total. The first-order valence-corrected chi connectivity index (χ1v) is 9.87. The monoisotopic (exact) mass is 381 g/mol. The SMILES string of the molecule is CCOc1cc(CCC(=O)N2[C@H]3CC[C@@H]2c2cnc4cc(C)nn4c2C3)on1. The molecule has 0 radical (unpaired) electrons. The zero-order chi connectivity index (χ0) is 19.3. The van der Waals surface area contributed by atoms with Crippen molar-refractivity contribution < 1.29 is 14.1 Å². The topological polar surface area (TPSA) is 85.8 Å². The molecule has 1 amide bonds. The minimum Gasteiger partial charge on any atom is -0.476 e. The zero-order valence-corrected chi connectivity index (χ0v) is 16.1. The van der Waals surface area contributed by atoms with E-state index in [1.165, 1.54) is 5.69 Å². The van der Waals surface area contributed by atoms with Gasteiger partial charge in [-0.15, -0.1) is 0 Å². The van der Waals surface area contributed by atoms with E-state index in [1.54, 1.807) is 6.07 Å². The lowest BCUT2D eigenvalue weighted by Gasteiger charge is -2.36. The third-order valence-corrected chi connectivity index (χ3v) is 5.73. The number of rotatable bonds is 5. The first kappa shape index (κ1) is 17.2. The van der Waals surface area contributed by atoms with Gasteiger partial charge in [0.2, 0.25) is 5.91 Å². The molecule has 0 aliphatic carbocycles. The van der Waals surface area contributed by atoms with E-state index in [-0.39, 0.29) is 18.0 Å². The lowest BCUT2D eigenvalue weighted by molar-refractivity contribution is -0.134. The number of nitrogens with zero attached hydrogens (tertiary/aromatic N) is 5. The van der Waals surface area contributed by atoms with Crippen molar-refractivity contribution in [1.82, 2.24) is 24.7 Å². The molecule has 2 atom stereocenters. The number of carbonyl (C=O) groups is 1. The molecule has 28 heavy (non-hydrogen) atoms. The van der Waals surface area contributed by atoms with Crippen LogP contribution in [-0.4, -0.2) is 43.2 Å². The van der Waals surface area contributed by atoms with Gasteiger partial charge in [0.05, 0.1) is 24.0 Å². The van der Waals surface area contributed by atoms with E-state index < -0.39 is 0 Å². The summed E-state index contributed by atoms with van der Waals surface area (Å²) in [5.41, 5.74) is 4.18. The van der Waals surface area contributed by atoms with Gasteiger partial charge in [-0.1, -0.05) is 0 Å². The predicted octanol–water partition coefficient (Wildman–Crippen LogP) is 2.65. The summed E-state index contributed by atoms with van der Waals surface area (Å²) in [5, 5.41) is 8.47. The van der Waals surface area contributed by atoms with Gasteiger partial charge in [-0.25, -0.2) is 9.50 Å². The summed E-state index contributed by atoms with van der Waals surface area (Å²) >= 11 is 0. The third kappa shape index (κ3) is 2.75. The molecular formula is C20H23N5O3. The van der Waals surface area contributed by atoms with Crippen molar-refractivity contribution in [1.29, 1.82) is 0 Å². The van der Waals surface area contributed by atoms with E-state index in [0.29, 0.717) is 31.1 Å². The largest absolute Gasteiger partial charge is 0.476 e. The van der Waals surface area contributed by atoms with Crippen LogP contribution in [0.15, 0.2) is 22.9 Å². The van der Waals surface area contributed by atoms with Crippen LogP contribution in [0.5, 0.6) is 5.88 Å². The standard InChI is InChI=1S/C20H23N5O3/c1-3-27-19-10-14(28-23-19)5-7-20(26)24-13-4-6-16(24)15-11-21-18-8-12(2)22-25(18)17(15)9-13/h8,10-11,13,16H,3-7,9H2,1-2H3/t13-,16+/m0/s1. The Morgan fingerprint density at radius 1 is 1.36 bits per heavy atom. The van der Waals surface area contributed by atoms with Crippen LogP contribution in [0.3, 0.4) is 0 Å². The fourth-order valence-corrected chi connectivity index (χ4v) is 4.57. The number of carbonyl (C=O) groups excluding carboxylic acids is 1. The Hall–Kier alpha value is -2.90. The lowest BCUT2D eigenvalue weighted by atomic mass is 9.98. The zero-order valence-electron chi connectivity index (χ0n) is 16.1. The Labute approximate surface area is 162 Å². The van der Waals surface area contributed by atoms with Gasteiger partial charge in [-0.05, 0) is 31.8 Å². The first-order chi connectivity index (χ1) is 13.6. The average Bonchev–Trinajstić information content (AvgIpc) is 3.37. The second-order valence-corrected chi connectivity index (χ2v) is 7.53. The van der Waals surface area contributed by atoms with Crippen LogP contribution in [0.1, 0.15) is 54.9 Å². The molecule has 0 saturated carbocycles. The highest BCUT2D eigenvalue weighted by atomic mass is 16.5. The van der Waals surface area contributed by atoms with Crippen molar-refractivity contribution in [3.63, 3.8) is 0 Å². The van der Waals surface area contributed by atoms with E-state index in [4.69, 9.17) is 9.26 Å². The minimum absolute atomic E-state index is 0.0939. The molecule has 0 N–H and O–H groups in total. The van der Waals surface area contributed by atoms with Crippen molar-refractivity contribution in [3.8, 4) is 5.88 Å². The maximum absolute atomic E-state index is 13.0. The molecule has 3 aromatic heterocycles. The summed E-state index contributed by atoms with van der Waals surface area (Å²) in [4.78, 5) is 19.7. The Bertz CT molecular complexity index is 1040. The minimum atomic E-state index is 0.0939. The van der Waals surface area contributed by atoms with Crippen LogP contribution in [0.25, 0.3) is 5.65 Å². The second kappa shape index (κ2) is 6.61. The van der Waals surface area contributed by atoms with Crippen molar-refractivity contribution in [2.45, 2.75) is 58.0 Å². The molecule has 0 spiro atoms. The van der Waals surface area contributed by atoms with E-state index in [1.807, 2.05) is 30.6 Å². The highest BCUT2D eigenvalue weighted by molar-refractivity contribution is 5.78. The molecule has 146 valence electrons. The highest BCUT2D eigenvalue weighted by Crippen LogP contribution is 2.43. The number of ether oxygens (including phenoxy) is 1. The van der Waals surface area contributed by atoms with E-state index >= 15 is 0 Å². The van der Waals surface area contributed by atoms with Gasteiger partial charge in [0, 0.05) is 49.2 Å². The second-order valence-electron chi connectivity index (χ2n) is 7.53. The van der Waals surface area contributed by atoms with Gasteiger partial charge in [0.1, 0.15) is 5.76 Å². The Morgan fingerprint density at radius 2 is 2.25 bits per heavy atom. The van der Waals surface area contributed by atoms with Gasteiger partial charge in [0.15, 0.2) is 5.65 Å². The van der Waals surface area contributed by atoms with Crippen LogP contribution in [-0.2, 0) is 17.6 Å². The number of fused-ring (bicyclic) bond motifs is 6. The van der Waals surface area contributed by atoms with Crippen molar-refractivity contribution in [2.75, 3.05) is 6.61 Å². The summed E-state index contributed by atoms with van der Waals surface area (Å²) in [6, 6.07) is 4.08. The van der Waals surface area contributed by atoms with Crippen LogP contribution < -0.4 is 4.74 Å². The smallest absolute Gasteiger partial charge is 0.254 e. The molecule has 8 heteroatoms. The van der Waals surface area contributed by atoms with Gasteiger partial charge < -0.3 is 14.2 Å². The molecule has 0 unspecified atom stereocenters. The first-order valence-electron chi connectivity index (χ1n) is 9.87. The number of amides is 1. The normalized spacial score (nSPS) is 20.6. The molecule has 2 aliphatic rings. The third-order valence-electron chi connectivity index (χ3n) is 5.73. The summed E-state index contributed by atoms with van der Waals surface area (Å²) in [6.07, 6.45) is 5.69. The lowest BCUT2D eigenvalue weighted by Crippen LogP contribution is -2.42. The number of aromatic nitrogens is 4. The summed E-state index contributed by atoms with van der Waals surface area (Å²) in [5.74, 6) is 1.31. The van der Waals surface area contributed by atoms with Gasteiger partial charge in [-0.2, -0.15) is 5.10 Å². The number of aryl methyl sites for hydroxylation is 2. The summed E-state index contributed by atoms with van der Waals surface area (Å²) in [6.45, 7) is 4.42. The molecule has 1 fully saturated rings. The summed E-state index contributed by atoms with van der Waals surface area (Å²) in [7, 11) is 0. The predicted molar refractivity (Wildman–Crippen MR) is 100 cm³/mol. The average molecular weight is 381 g/mol. The van der Waals surface area contributed by atoms with Crippen molar-refractivity contribution >= 4 is 11.6 Å². The fourth-order valence-electron chi connectivity index (χ4n) is 4.57. The maximum atomic E-state index is 13.0. The molecule has 0 aromatic carbocycles. The van der Waals surface area contributed by atoms with Crippen LogP contribution >= 0.6 is 0 Å². The summed E-state index contributed by atoms with van der Waals surface area (Å²) < 4.78 is 12.5. The molecule has 3 aromatic rings. The molecule has 5 rings (SSSR count). The van der Waals surface area contributed by atoms with Crippen LogP contribution in [0.4, 0.5) is 0 Å². The van der Waals surface area contributed by atoms with Crippen molar-refractivity contribution in [3.05, 3.63) is 41.0 Å². The fraction of sp³-hybridized carbons (Fsp3) is 0.500. The molecule has 1 saturated heterocycles. The molecule has 2 bridgehead atoms.